The van der Waals surface area contributed by atoms with E-state index in [4.69, 9.17) is 17.2 Å². The highest BCUT2D eigenvalue weighted by Gasteiger charge is 2.33. The van der Waals surface area contributed by atoms with Crippen LogP contribution < -0.4 is 33.2 Å². The third kappa shape index (κ3) is 12.7. The molecule has 0 rings (SSSR count). The van der Waals surface area contributed by atoms with E-state index < -0.39 is 59.7 Å². The molecular formula is C22H40N6O7. The lowest BCUT2D eigenvalue weighted by Gasteiger charge is -2.28. The summed E-state index contributed by atoms with van der Waals surface area (Å²) in [4.78, 5) is 72.1. The van der Waals surface area contributed by atoms with E-state index in [1.165, 1.54) is 0 Å². The van der Waals surface area contributed by atoms with E-state index in [9.17, 15) is 33.9 Å². The molecule has 0 saturated heterocycles. The van der Waals surface area contributed by atoms with E-state index >= 15 is 0 Å². The van der Waals surface area contributed by atoms with Crippen molar-refractivity contribution in [1.82, 2.24) is 16.0 Å². The molecule has 0 fully saturated rings. The van der Waals surface area contributed by atoms with Crippen LogP contribution >= 0.6 is 0 Å². The summed E-state index contributed by atoms with van der Waals surface area (Å²) in [6, 6.07) is -4.62. The first-order valence-electron chi connectivity index (χ1n) is 11.7. The second-order valence-electron chi connectivity index (χ2n) is 9.08. The molecule has 0 bridgehead atoms. The van der Waals surface area contributed by atoms with Gasteiger partial charge in [-0.3, -0.25) is 24.0 Å². The Bertz CT molecular complexity index is 773. The first-order valence-corrected chi connectivity index (χ1v) is 11.7. The van der Waals surface area contributed by atoms with E-state index in [0.29, 0.717) is 6.42 Å². The number of aliphatic carboxylic acids is 1. The van der Waals surface area contributed by atoms with Gasteiger partial charge in [0, 0.05) is 12.8 Å². The summed E-state index contributed by atoms with van der Waals surface area (Å²) in [6.07, 6.45) is 0.110. The fourth-order valence-corrected chi connectivity index (χ4v) is 3.17. The van der Waals surface area contributed by atoms with Crippen LogP contribution in [0.15, 0.2) is 0 Å². The number of nitrogens with two attached hydrogens (primary N) is 3. The van der Waals surface area contributed by atoms with Gasteiger partial charge >= 0.3 is 5.97 Å². The minimum Gasteiger partial charge on any atom is -0.480 e. The Morgan fingerprint density at radius 2 is 1.29 bits per heavy atom. The van der Waals surface area contributed by atoms with Gasteiger partial charge in [-0.05, 0) is 31.1 Å². The highest BCUT2D eigenvalue weighted by atomic mass is 16.4. The topological polar surface area (TPSA) is 237 Å². The molecular weight excluding hydrogens is 460 g/mol. The molecule has 5 amide bonds. The number of hydrogen-bond acceptors (Lipinski definition) is 7. The Morgan fingerprint density at radius 1 is 0.771 bits per heavy atom. The van der Waals surface area contributed by atoms with E-state index in [1.54, 1.807) is 13.8 Å². The van der Waals surface area contributed by atoms with Crippen LogP contribution in [0.25, 0.3) is 0 Å². The van der Waals surface area contributed by atoms with Gasteiger partial charge in [0.1, 0.15) is 18.1 Å². The number of nitrogens with one attached hydrogen (secondary N) is 3. The molecule has 5 atom stereocenters. The molecule has 0 aliphatic carbocycles. The largest absolute Gasteiger partial charge is 0.480 e. The Kier molecular flexibility index (Phi) is 14.2. The van der Waals surface area contributed by atoms with Crippen LogP contribution in [0.2, 0.25) is 0 Å². The van der Waals surface area contributed by atoms with Crippen LogP contribution in [-0.4, -0.2) is 64.8 Å². The molecule has 35 heavy (non-hydrogen) atoms. The average Bonchev–Trinajstić information content (AvgIpc) is 2.76. The molecule has 13 nitrogen and oxygen atoms in total. The van der Waals surface area contributed by atoms with Gasteiger partial charge in [-0.1, -0.05) is 34.1 Å². The Hall–Kier alpha value is -3.22. The number of carboxylic acids is 1. The van der Waals surface area contributed by atoms with Crippen molar-refractivity contribution in [1.29, 1.82) is 0 Å². The van der Waals surface area contributed by atoms with Crippen LogP contribution in [0, 0.1) is 11.8 Å². The lowest BCUT2D eigenvalue weighted by molar-refractivity contribution is -0.143. The van der Waals surface area contributed by atoms with Gasteiger partial charge in [0.25, 0.3) is 0 Å². The Labute approximate surface area is 205 Å². The summed E-state index contributed by atoms with van der Waals surface area (Å²) in [5.41, 5.74) is 16.0. The molecule has 0 aliphatic rings. The molecule has 200 valence electrons. The van der Waals surface area contributed by atoms with Gasteiger partial charge in [-0.2, -0.15) is 0 Å². The molecule has 10 N–H and O–H groups in total. The zero-order chi connectivity index (χ0) is 27.3. The molecule has 5 unspecified atom stereocenters. The van der Waals surface area contributed by atoms with E-state index in [1.807, 2.05) is 13.8 Å². The zero-order valence-electron chi connectivity index (χ0n) is 20.8. The summed E-state index contributed by atoms with van der Waals surface area (Å²) >= 11 is 0. The number of carbonyl (C=O) groups excluding carboxylic acids is 5. The quantitative estimate of drug-likeness (QED) is 0.123. The third-order valence-corrected chi connectivity index (χ3v) is 5.47. The van der Waals surface area contributed by atoms with Gasteiger partial charge in [0.05, 0.1) is 6.04 Å². The molecule has 0 aromatic rings. The first-order chi connectivity index (χ1) is 16.2. The maximum absolute atomic E-state index is 13.0. The van der Waals surface area contributed by atoms with Gasteiger partial charge in [0.2, 0.25) is 29.5 Å². The Morgan fingerprint density at radius 3 is 1.74 bits per heavy atom. The molecule has 0 radical (unpaired) electrons. The van der Waals surface area contributed by atoms with Gasteiger partial charge in [-0.15, -0.1) is 0 Å². The number of rotatable bonds is 17. The van der Waals surface area contributed by atoms with Crippen LogP contribution in [0.3, 0.4) is 0 Å². The molecule has 0 aromatic heterocycles. The predicted molar refractivity (Wildman–Crippen MR) is 127 cm³/mol. The monoisotopic (exact) mass is 500 g/mol. The first kappa shape index (κ1) is 31.8. The SMILES string of the molecule is CCC(C)C(NC(=O)C(CCC(N)=O)NC(=O)C(N)CCC(N)=O)C(=O)NC(CC(C)C)C(=O)O. The van der Waals surface area contributed by atoms with Crippen molar-refractivity contribution in [3.63, 3.8) is 0 Å². The van der Waals surface area contributed by atoms with E-state index in [-0.39, 0.29) is 43.9 Å². The Balaban J connectivity index is 5.60. The van der Waals surface area contributed by atoms with Gasteiger partial charge in [0.15, 0.2) is 0 Å². The van der Waals surface area contributed by atoms with Gasteiger partial charge < -0.3 is 38.3 Å². The van der Waals surface area contributed by atoms with Crippen molar-refractivity contribution in [3.8, 4) is 0 Å². The van der Waals surface area contributed by atoms with Crippen molar-refractivity contribution in [3.05, 3.63) is 0 Å². The maximum atomic E-state index is 13.0. The number of hydrogen-bond donors (Lipinski definition) is 7. The lowest BCUT2D eigenvalue weighted by Crippen LogP contribution is -2.58. The predicted octanol–water partition coefficient (Wildman–Crippen LogP) is -1.52. The highest BCUT2D eigenvalue weighted by molar-refractivity contribution is 5.94. The minimum absolute atomic E-state index is 0.000190. The van der Waals surface area contributed by atoms with Crippen LogP contribution in [0.4, 0.5) is 0 Å². The standard InChI is InChI=1S/C22H40N6O7/c1-5-12(4)18(21(33)27-15(22(34)35)10-11(2)3)28-20(32)14(7-9-17(25)30)26-19(31)13(23)6-8-16(24)29/h11-15,18H,5-10,23H2,1-4H3,(H2,24,29)(H2,25,30)(H,26,31)(H,27,33)(H,28,32)(H,34,35). The number of primary amides is 2. The third-order valence-electron chi connectivity index (χ3n) is 5.47. The minimum atomic E-state index is -1.25. The summed E-state index contributed by atoms with van der Waals surface area (Å²) in [5, 5.41) is 16.9. The second-order valence-corrected chi connectivity index (χ2v) is 9.08. The molecule has 0 heterocycles. The van der Waals surface area contributed by atoms with Crippen molar-refractivity contribution < 1.29 is 33.9 Å². The lowest BCUT2D eigenvalue weighted by atomic mass is 9.96. The summed E-state index contributed by atoms with van der Waals surface area (Å²) in [6.45, 7) is 7.13. The molecule has 0 aliphatic heterocycles. The highest BCUT2D eigenvalue weighted by Crippen LogP contribution is 2.12. The van der Waals surface area contributed by atoms with Crippen molar-refractivity contribution >= 4 is 35.5 Å². The van der Waals surface area contributed by atoms with Gasteiger partial charge in [-0.25, -0.2) is 4.79 Å². The number of carbonyl (C=O) groups is 6. The average molecular weight is 501 g/mol. The van der Waals surface area contributed by atoms with Crippen molar-refractivity contribution in [2.45, 2.75) is 90.4 Å². The van der Waals surface area contributed by atoms with Crippen molar-refractivity contribution in [2.24, 2.45) is 29.0 Å². The normalized spacial score (nSPS) is 15.3. The van der Waals surface area contributed by atoms with Crippen LogP contribution in [0.1, 0.15) is 66.2 Å². The summed E-state index contributed by atoms with van der Waals surface area (Å²) < 4.78 is 0. The number of amides is 5. The fourth-order valence-electron chi connectivity index (χ4n) is 3.17. The van der Waals surface area contributed by atoms with E-state index in [0.717, 1.165) is 0 Å². The smallest absolute Gasteiger partial charge is 0.326 e. The molecule has 0 saturated carbocycles. The summed E-state index contributed by atoms with van der Waals surface area (Å²) in [5.74, 6) is -5.11. The van der Waals surface area contributed by atoms with Crippen molar-refractivity contribution in [2.75, 3.05) is 0 Å². The molecule has 0 spiro atoms. The molecule has 13 heteroatoms. The fraction of sp³-hybridized carbons (Fsp3) is 0.727. The van der Waals surface area contributed by atoms with Crippen LogP contribution in [-0.2, 0) is 28.8 Å². The maximum Gasteiger partial charge on any atom is 0.326 e. The number of carboxylic acid groups (broad SMARTS) is 1. The molecule has 0 aromatic carbocycles. The van der Waals surface area contributed by atoms with Crippen LogP contribution in [0.5, 0.6) is 0 Å². The summed E-state index contributed by atoms with van der Waals surface area (Å²) in [7, 11) is 0. The second kappa shape index (κ2) is 15.6. The zero-order valence-corrected chi connectivity index (χ0v) is 20.8. The van der Waals surface area contributed by atoms with E-state index in [2.05, 4.69) is 16.0 Å².